The third-order valence-electron chi connectivity index (χ3n) is 4.49. The van der Waals surface area contributed by atoms with Crippen LogP contribution in [0.5, 0.6) is 5.75 Å². The van der Waals surface area contributed by atoms with Gasteiger partial charge in [0.15, 0.2) is 0 Å². The Labute approximate surface area is 167 Å². The van der Waals surface area contributed by atoms with Gasteiger partial charge >= 0.3 is 0 Å². The van der Waals surface area contributed by atoms with Crippen LogP contribution in [-0.4, -0.2) is 18.4 Å². The third-order valence-corrected chi connectivity index (χ3v) is 4.79. The number of halogens is 2. The van der Waals surface area contributed by atoms with Gasteiger partial charge in [0.05, 0.1) is 11.6 Å². The average molecular weight is 403 g/mol. The summed E-state index contributed by atoms with van der Waals surface area (Å²) in [4.78, 5) is 24.8. The van der Waals surface area contributed by atoms with Crippen molar-refractivity contribution in [3.8, 4) is 5.75 Å². The number of anilines is 1. The first kappa shape index (κ1) is 19.9. The zero-order chi connectivity index (χ0) is 20.3. The highest BCUT2D eigenvalue weighted by molar-refractivity contribution is 6.32. The van der Waals surface area contributed by atoms with Crippen molar-refractivity contribution in [2.45, 2.75) is 26.2 Å². The van der Waals surface area contributed by atoms with Crippen LogP contribution >= 0.6 is 11.6 Å². The first-order valence-corrected chi connectivity index (χ1v) is 9.26. The smallest absolute Gasteiger partial charge is 0.253 e. The Balaban J connectivity index is 1.90. The second kappa shape index (κ2) is 8.44. The Hall–Kier alpha value is -2.86. The number of rotatable bonds is 5. The van der Waals surface area contributed by atoms with Crippen molar-refractivity contribution >= 4 is 29.1 Å². The number of aryl methyl sites for hydroxylation is 1. The molecule has 1 atom stereocenters. The maximum absolute atomic E-state index is 13.7. The molecule has 0 aromatic heterocycles. The Kier molecular flexibility index (Phi) is 5.99. The Morgan fingerprint density at radius 3 is 2.86 bits per heavy atom. The molecular weight excluding hydrogens is 383 g/mol. The lowest BCUT2D eigenvalue weighted by Gasteiger charge is -2.24. The van der Waals surface area contributed by atoms with Gasteiger partial charge in [0, 0.05) is 35.9 Å². The van der Waals surface area contributed by atoms with Gasteiger partial charge in [0.25, 0.3) is 5.91 Å². The summed E-state index contributed by atoms with van der Waals surface area (Å²) < 4.78 is 19.1. The maximum atomic E-state index is 13.7. The summed E-state index contributed by atoms with van der Waals surface area (Å²) in [5.74, 6) is -1.10. The van der Waals surface area contributed by atoms with Gasteiger partial charge in [-0.2, -0.15) is 0 Å². The second-order valence-corrected chi connectivity index (χ2v) is 6.87. The molecule has 2 aromatic rings. The van der Waals surface area contributed by atoms with Crippen LogP contribution in [0.3, 0.4) is 0 Å². The zero-order valence-electron chi connectivity index (χ0n) is 15.5. The van der Waals surface area contributed by atoms with E-state index < -0.39 is 11.7 Å². The van der Waals surface area contributed by atoms with Crippen LogP contribution in [0.25, 0.3) is 0 Å². The highest BCUT2D eigenvalue weighted by Crippen LogP contribution is 2.34. The number of carbonyl (C=O) groups is 2. The maximum Gasteiger partial charge on any atom is 0.253 e. The van der Waals surface area contributed by atoms with Gasteiger partial charge in [-0.25, -0.2) is 4.39 Å². The highest BCUT2D eigenvalue weighted by Gasteiger charge is 2.29. The Morgan fingerprint density at radius 1 is 1.36 bits per heavy atom. The summed E-state index contributed by atoms with van der Waals surface area (Å²) in [6.45, 7) is 4.10. The molecule has 2 aromatic carbocycles. The van der Waals surface area contributed by atoms with E-state index in [1.54, 1.807) is 24.3 Å². The monoisotopic (exact) mass is 402 g/mol. The molecule has 0 saturated heterocycles. The lowest BCUT2D eigenvalue weighted by molar-refractivity contribution is -0.121. The fourth-order valence-corrected chi connectivity index (χ4v) is 3.38. The van der Waals surface area contributed by atoms with E-state index in [0.717, 1.165) is 5.56 Å². The first-order valence-electron chi connectivity index (χ1n) is 8.88. The lowest BCUT2D eigenvalue weighted by atomic mass is 9.86. The van der Waals surface area contributed by atoms with Crippen LogP contribution < -0.4 is 15.4 Å². The summed E-state index contributed by atoms with van der Waals surface area (Å²) in [7, 11) is 0. The molecule has 1 heterocycles. The van der Waals surface area contributed by atoms with Gasteiger partial charge < -0.3 is 15.4 Å². The average Bonchev–Trinajstić information content (AvgIpc) is 2.65. The van der Waals surface area contributed by atoms with Crippen LogP contribution in [0.2, 0.25) is 5.02 Å². The largest absolute Gasteiger partial charge is 0.492 e. The summed E-state index contributed by atoms with van der Waals surface area (Å²) in [5.41, 5.74) is 2.23. The van der Waals surface area contributed by atoms with Crippen LogP contribution in [0.1, 0.15) is 30.4 Å². The fourth-order valence-electron chi connectivity index (χ4n) is 3.11. The van der Waals surface area contributed by atoms with E-state index in [0.29, 0.717) is 34.2 Å². The summed E-state index contributed by atoms with van der Waals surface area (Å²) in [5, 5.41) is 5.87. The van der Waals surface area contributed by atoms with Crippen molar-refractivity contribution in [1.29, 1.82) is 0 Å². The molecule has 7 heteroatoms. The van der Waals surface area contributed by atoms with Gasteiger partial charge in [0.1, 0.15) is 11.6 Å². The van der Waals surface area contributed by atoms with Crippen LogP contribution in [0, 0.1) is 12.7 Å². The Morgan fingerprint density at radius 2 is 2.14 bits per heavy atom. The number of hydrogen-bond acceptors (Lipinski definition) is 3. The number of ether oxygens (including phenoxy) is 1. The predicted molar refractivity (Wildman–Crippen MR) is 106 cm³/mol. The number of hydrogen-bond donors (Lipinski definition) is 2. The van der Waals surface area contributed by atoms with E-state index in [1.807, 2.05) is 13.8 Å². The molecule has 1 aliphatic rings. The molecule has 146 valence electrons. The van der Waals surface area contributed by atoms with Gasteiger partial charge in [-0.15, -0.1) is 0 Å². The number of carbonyl (C=O) groups excluding carboxylic acids is 2. The molecule has 1 unspecified atom stereocenters. The van der Waals surface area contributed by atoms with Crippen LogP contribution in [-0.2, 0) is 9.59 Å². The molecule has 28 heavy (non-hydrogen) atoms. The van der Waals surface area contributed by atoms with Gasteiger partial charge in [0.2, 0.25) is 5.91 Å². The van der Waals surface area contributed by atoms with E-state index in [-0.39, 0.29) is 18.2 Å². The van der Waals surface area contributed by atoms with Crippen molar-refractivity contribution in [3.05, 3.63) is 70.1 Å². The number of nitrogens with one attached hydrogen (secondary N) is 2. The van der Waals surface area contributed by atoms with Gasteiger partial charge in [-0.05, 0) is 43.2 Å². The molecule has 1 aliphatic heterocycles. The quantitative estimate of drug-likeness (QED) is 0.783. The fraction of sp³-hybridized carbons (Fsp3) is 0.238. The molecule has 3 rings (SSSR count). The zero-order valence-corrected chi connectivity index (χ0v) is 16.3. The summed E-state index contributed by atoms with van der Waals surface area (Å²) in [6.07, 6.45) is 1.44. The summed E-state index contributed by atoms with van der Waals surface area (Å²) >= 11 is 6.17. The van der Waals surface area contributed by atoms with Crippen molar-refractivity contribution in [3.63, 3.8) is 0 Å². The highest BCUT2D eigenvalue weighted by atomic mass is 35.5. The molecule has 2 N–H and O–H groups in total. The van der Waals surface area contributed by atoms with Crippen molar-refractivity contribution in [2.75, 3.05) is 11.9 Å². The molecule has 0 radical (unpaired) electrons. The topological polar surface area (TPSA) is 67.4 Å². The molecule has 0 aliphatic carbocycles. The number of benzene rings is 2. The van der Waals surface area contributed by atoms with Gasteiger partial charge in [-0.1, -0.05) is 23.7 Å². The molecular formula is C21H20ClFN2O3. The minimum Gasteiger partial charge on any atom is -0.492 e. The van der Waals surface area contributed by atoms with Crippen molar-refractivity contribution < 1.29 is 18.7 Å². The third kappa shape index (κ3) is 4.34. The van der Waals surface area contributed by atoms with Gasteiger partial charge in [-0.3, -0.25) is 9.59 Å². The lowest BCUT2D eigenvalue weighted by Crippen LogP contribution is -2.32. The molecule has 0 fully saturated rings. The SMILES string of the molecule is CCOc1cc(NC(=O)C2=CNC(=O)CC2c2cccc(F)c2)c(C)cc1Cl. The minimum absolute atomic E-state index is 0.0620. The normalized spacial score (nSPS) is 16.2. The van der Waals surface area contributed by atoms with Crippen LogP contribution in [0.4, 0.5) is 10.1 Å². The van der Waals surface area contributed by atoms with E-state index in [1.165, 1.54) is 18.3 Å². The van der Waals surface area contributed by atoms with Crippen molar-refractivity contribution in [1.82, 2.24) is 5.32 Å². The minimum atomic E-state index is -0.539. The molecule has 2 amide bonds. The molecule has 0 spiro atoms. The summed E-state index contributed by atoms with van der Waals surface area (Å²) in [6, 6.07) is 9.30. The van der Waals surface area contributed by atoms with E-state index in [9.17, 15) is 14.0 Å². The molecule has 5 nitrogen and oxygen atoms in total. The van der Waals surface area contributed by atoms with Crippen molar-refractivity contribution in [2.24, 2.45) is 0 Å². The first-order chi connectivity index (χ1) is 13.4. The number of amides is 2. The standard InChI is InChI=1S/C21H20ClFN2O3/c1-3-28-19-10-18(12(2)7-17(19)22)25-21(27)16-11-24-20(26)9-15(16)13-5-4-6-14(23)8-13/h4-8,10-11,15H,3,9H2,1-2H3,(H,24,26)(H,25,27). The molecule has 0 bridgehead atoms. The van der Waals surface area contributed by atoms with E-state index >= 15 is 0 Å². The van der Waals surface area contributed by atoms with E-state index in [4.69, 9.17) is 16.3 Å². The Bertz CT molecular complexity index is 959. The van der Waals surface area contributed by atoms with E-state index in [2.05, 4.69) is 10.6 Å². The predicted octanol–water partition coefficient (Wildman–Crippen LogP) is 4.31. The van der Waals surface area contributed by atoms with Crippen LogP contribution in [0.15, 0.2) is 48.2 Å². The second-order valence-electron chi connectivity index (χ2n) is 6.46. The molecule has 0 saturated carbocycles.